The van der Waals surface area contributed by atoms with Crippen LogP contribution in [0.3, 0.4) is 0 Å². The van der Waals surface area contributed by atoms with E-state index in [-0.39, 0.29) is 0 Å². The molecule has 78 valence electrons. The molecule has 0 aliphatic heterocycles. The Kier molecular flexibility index (Phi) is 3.48. The Morgan fingerprint density at radius 1 is 1.29 bits per heavy atom. The predicted molar refractivity (Wildman–Crippen MR) is 58.3 cm³/mol. The quantitative estimate of drug-likeness (QED) is 0.827. The molecule has 0 saturated heterocycles. The molecule has 1 aliphatic carbocycles. The highest BCUT2D eigenvalue weighted by Gasteiger charge is 2.17. The number of hydrogen-bond acceptors (Lipinski definition) is 4. The third kappa shape index (κ3) is 2.51. The van der Waals surface area contributed by atoms with Crippen LogP contribution in [0.4, 0.5) is 0 Å². The highest BCUT2D eigenvalue weighted by Crippen LogP contribution is 2.28. The fraction of sp³-hybridized carbons (Fsp3) is 0.800. The molecule has 2 rings (SSSR count). The second-order valence-corrected chi connectivity index (χ2v) is 5.12. The fourth-order valence-corrected chi connectivity index (χ4v) is 3.03. The SMILES string of the molecule is CNCc1nnc(CC2CCCC2)s1. The van der Waals surface area contributed by atoms with E-state index in [9.17, 15) is 0 Å². The molecule has 3 nitrogen and oxygen atoms in total. The Hall–Kier alpha value is -0.480. The molecule has 0 radical (unpaired) electrons. The summed E-state index contributed by atoms with van der Waals surface area (Å²) in [4.78, 5) is 0. The smallest absolute Gasteiger partial charge is 0.131 e. The van der Waals surface area contributed by atoms with E-state index in [4.69, 9.17) is 0 Å². The molecule has 1 fully saturated rings. The predicted octanol–water partition coefficient (Wildman–Crippen LogP) is 1.99. The Labute approximate surface area is 88.9 Å². The van der Waals surface area contributed by atoms with Crippen molar-refractivity contribution in [2.24, 2.45) is 5.92 Å². The van der Waals surface area contributed by atoms with Crippen LogP contribution >= 0.6 is 11.3 Å². The van der Waals surface area contributed by atoms with E-state index in [1.807, 2.05) is 7.05 Å². The fourth-order valence-electron chi connectivity index (χ4n) is 2.05. The van der Waals surface area contributed by atoms with Crippen LogP contribution in [0.2, 0.25) is 0 Å². The molecule has 1 aromatic heterocycles. The lowest BCUT2D eigenvalue weighted by atomic mass is 10.1. The van der Waals surface area contributed by atoms with Gasteiger partial charge in [-0.15, -0.1) is 21.5 Å². The summed E-state index contributed by atoms with van der Waals surface area (Å²) < 4.78 is 0. The highest BCUT2D eigenvalue weighted by molar-refractivity contribution is 7.11. The van der Waals surface area contributed by atoms with Gasteiger partial charge >= 0.3 is 0 Å². The van der Waals surface area contributed by atoms with Crippen molar-refractivity contribution in [2.75, 3.05) is 7.05 Å². The maximum absolute atomic E-state index is 4.23. The first-order valence-electron chi connectivity index (χ1n) is 5.34. The Balaban J connectivity index is 1.88. The minimum Gasteiger partial charge on any atom is -0.313 e. The van der Waals surface area contributed by atoms with Gasteiger partial charge in [0.1, 0.15) is 10.0 Å². The Morgan fingerprint density at radius 2 is 2.00 bits per heavy atom. The van der Waals surface area contributed by atoms with Crippen molar-refractivity contribution in [1.82, 2.24) is 15.5 Å². The third-order valence-electron chi connectivity index (χ3n) is 2.77. The molecular weight excluding hydrogens is 194 g/mol. The molecule has 0 unspecified atom stereocenters. The van der Waals surface area contributed by atoms with Crippen LogP contribution in [0.15, 0.2) is 0 Å². The maximum atomic E-state index is 4.23. The molecule has 1 saturated carbocycles. The van der Waals surface area contributed by atoms with Crippen LogP contribution in [0.5, 0.6) is 0 Å². The van der Waals surface area contributed by atoms with Crippen molar-refractivity contribution >= 4 is 11.3 Å². The van der Waals surface area contributed by atoms with Crippen molar-refractivity contribution in [1.29, 1.82) is 0 Å². The van der Waals surface area contributed by atoms with Gasteiger partial charge in [-0.1, -0.05) is 25.7 Å². The summed E-state index contributed by atoms with van der Waals surface area (Å²) in [6.45, 7) is 0.850. The Bertz CT molecular complexity index is 279. The standard InChI is InChI=1S/C10H17N3S/c1-11-7-10-13-12-9(14-10)6-8-4-2-3-5-8/h8,11H,2-7H2,1H3. The number of rotatable bonds is 4. The summed E-state index contributed by atoms with van der Waals surface area (Å²) in [7, 11) is 1.94. The van der Waals surface area contributed by atoms with Gasteiger partial charge in [-0.2, -0.15) is 0 Å². The average Bonchev–Trinajstić information content (AvgIpc) is 2.79. The zero-order valence-corrected chi connectivity index (χ0v) is 9.44. The van der Waals surface area contributed by atoms with Crippen molar-refractivity contribution in [3.63, 3.8) is 0 Å². The maximum Gasteiger partial charge on any atom is 0.131 e. The topological polar surface area (TPSA) is 37.8 Å². The molecular formula is C10H17N3S. The number of hydrogen-bond donors (Lipinski definition) is 1. The minimum atomic E-state index is 0.850. The molecule has 0 spiro atoms. The average molecular weight is 211 g/mol. The van der Waals surface area contributed by atoms with Gasteiger partial charge in [0.25, 0.3) is 0 Å². The normalized spacial score (nSPS) is 17.8. The number of nitrogens with one attached hydrogen (secondary N) is 1. The van der Waals surface area contributed by atoms with E-state index in [0.29, 0.717) is 0 Å². The van der Waals surface area contributed by atoms with Crippen LogP contribution in [-0.4, -0.2) is 17.2 Å². The van der Waals surface area contributed by atoms with E-state index in [1.54, 1.807) is 11.3 Å². The van der Waals surface area contributed by atoms with E-state index >= 15 is 0 Å². The monoisotopic (exact) mass is 211 g/mol. The molecule has 0 amide bonds. The summed E-state index contributed by atoms with van der Waals surface area (Å²) in [6, 6.07) is 0. The third-order valence-corrected chi connectivity index (χ3v) is 3.72. The molecule has 1 heterocycles. The molecule has 0 bridgehead atoms. The van der Waals surface area contributed by atoms with Crippen LogP contribution in [0.25, 0.3) is 0 Å². The van der Waals surface area contributed by atoms with Crippen molar-refractivity contribution in [3.8, 4) is 0 Å². The van der Waals surface area contributed by atoms with Crippen LogP contribution in [0, 0.1) is 5.92 Å². The van der Waals surface area contributed by atoms with E-state index in [0.717, 1.165) is 23.9 Å². The van der Waals surface area contributed by atoms with E-state index in [2.05, 4.69) is 15.5 Å². The zero-order valence-electron chi connectivity index (χ0n) is 8.62. The van der Waals surface area contributed by atoms with Gasteiger partial charge in [0.15, 0.2) is 0 Å². The zero-order chi connectivity index (χ0) is 9.80. The lowest BCUT2D eigenvalue weighted by molar-refractivity contribution is 0.542. The molecule has 1 aliphatic rings. The molecule has 1 aromatic rings. The van der Waals surface area contributed by atoms with Gasteiger partial charge in [0.05, 0.1) is 0 Å². The lowest BCUT2D eigenvalue weighted by Gasteiger charge is -2.03. The van der Waals surface area contributed by atoms with Gasteiger partial charge in [-0.25, -0.2) is 0 Å². The summed E-state index contributed by atoms with van der Waals surface area (Å²) in [5.74, 6) is 0.880. The summed E-state index contributed by atoms with van der Waals surface area (Å²) in [5, 5.41) is 13.8. The number of aromatic nitrogens is 2. The second-order valence-electron chi connectivity index (χ2n) is 3.97. The molecule has 1 N–H and O–H groups in total. The lowest BCUT2D eigenvalue weighted by Crippen LogP contribution is -2.04. The second kappa shape index (κ2) is 4.84. The first kappa shape index (κ1) is 10.1. The van der Waals surface area contributed by atoms with Crippen LogP contribution < -0.4 is 5.32 Å². The molecule has 0 atom stereocenters. The Morgan fingerprint density at radius 3 is 2.71 bits per heavy atom. The van der Waals surface area contributed by atoms with Crippen LogP contribution in [0.1, 0.15) is 35.7 Å². The molecule has 0 aromatic carbocycles. The van der Waals surface area contributed by atoms with E-state index in [1.165, 1.54) is 30.7 Å². The van der Waals surface area contributed by atoms with Gasteiger partial charge in [0, 0.05) is 13.0 Å². The van der Waals surface area contributed by atoms with Gasteiger partial charge in [-0.3, -0.25) is 0 Å². The number of nitrogens with zero attached hydrogens (tertiary/aromatic N) is 2. The molecule has 4 heteroatoms. The van der Waals surface area contributed by atoms with Gasteiger partial charge in [0.2, 0.25) is 0 Å². The molecule has 14 heavy (non-hydrogen) atoms. The van der Waals surface area contributed by atoms with E-state index < -0.39 is 0 Å². The van der Waals surface area contributed by atoms with Crippen molar-refractivity contribution in [2.45, 2.75) is 38.6 Å². The van der Waals surface area contributed by atoms with Crippen molar-refractivity contribution in [3.05, 3.63) is 10.0 Å². The van der Waals surface area contributed by atoms with Crippen LogP contribution in [-0.2, 0) is 13.0 Å². The highest BCUT2D eigenvalue weighted by atomic mass is 32.1. The summed E-state index contributed by atoms with van der Waals surface area (Å²) in [6.07, 6.45) is 6.75. The first-order chi connectivity index (χ1) is 6.88. The van der Waals surface area contributed by atoms with Gasteiger partial charge in [-0.05, 0) is 13.0 Å². The van der Waals surface area contributed by atoms with Gasteiger partial charge < -0.3 is 5.32 Å². The summed E-state index contributed by atoms with van der Waals surface area (Å²) in [5.41, 5.74) is 0. The first-order valence-corrected chi connectivity index (χ1v) is 6.16. The van der Waals surface area contributed by atoms with Crippen molar-refractivity contribution < 1.29 is 0 Å². The summed E-state index contributed by atoms with van der Waals surface area (Å²) >= 11 is 1.76. The minimum absolute atomic E-state index is 0.850. The largest absolute Gasteiger partial charge is 0.313 e.